The molecule has 8 heteroatoms. The highest BCUT2D eigenvalue weighted by molar-refractivity contribution is 7.13. The number of benzene rings is 1. The Morgan fingerprint density at radius 2 is 2.05 bits per heavy atom. The van der Waals surface area contributed by atoms with Gasteiger partial charge in [0.15, 0.2) is 0 Å². The van der Waals surface area contributed by atoms with Crippen LogP contribution in [-0.2, 0) is 6.42 Å². The van der Waals surface area contributed by atoms with E-state index in [1.54, 1.807) is 0 Å². The maximum absolute atomic E-state index is 13.3. The van der Waals surface area contributed by atoms with E-state index >= 15 is 0 Å². The lowest BCUT2D eigenvalue weighted by Gasteiger charge is -2.06. The standard InChI is InChI=1S/C11H10F2N4OS/c12-8-2-1-3-9(13)7(8)4-5-14-10(18)16-11-17-15-6-19-11/h1-3,6H,4-5H2,(H2,14,16,17,18). The van der Waals surface area contributed by atoms with Gasteiger partial charge in [-0.2, -0.15) is 0 Å². The molecule has 0 aliphatic heterocycles. The molecule has 0 fully saturated rings. The van der Waals surface area contributed by atoms with Crippen LogP contribution in [0.1, 0.15) is 5.56 Å². The van der Waals surface area contributed by atoms with Gasteiger partial charge in [-0.15, -0.1) is 10.2 Å². The summed E-state index contributed by atoms with van der Waals surface area (Å²) in [5, 5.41) is 12.5. The Kier molecular flexibility index (Phi) is 4.35. The fraction of sp³-hybridized carbons (Fsp3) is 0.182. The van der Waals surface area contributed by atoms with Gasteiger partial charge < -0.3 is 5.32 Å². The van der Waals surface area contributed by atoms with E-state index in [4.69, 9.17) is 0 Å². The van der Waals surface area contributed by atoms with Crippen LogP contribution >= 0.6 is 11.3 Å². The van der Waals surface area contributed by atoms with Crippen molar-refractivity contribution in [1.29, 1.82) is 0 Å². The SMILES string of the molecule is O=C(NCCc1c(F)cccc1F)Nc1nncs1. The van der Waals surface area contributed by atoms with Crippen molar-refractivity contribution >= 4 is 22.5 Å². The zero-order valence-corrected chi connectivity index (χ0v) is 10.5. The molecule has 0 radical (unpaired) electrons. The first-order valence-electron chi connectivity index (χ1n) is 5.40. The molecule has 0 aliphatic carbocycles. The third-order valence-corrected chi connectivity index (χ3v) is 2.91. The summed E-state index contributed by atoms with van der Waals surface area (Å²) in [6.45, 7) is 0.114. The summed E-state index contributed by atoms with van der Waals surface area (Å²) in [7, 11) is 0. The number of urea groups is 1. The molecule has 19 heavy (non-hydrogen) atoms. The molecule has 1 aromatic carbocycles. The molecule has 2 N–H and O–H groups in total. The first kappa shape index (κ1) is 13.3. The summed E-state index contributed by atoms with van der Waals surface area (Å²) in [6, 6.07) is 3.16. The highest BCUT2D eigenvalue weighted by Crippen LogP contribution is 2.12. The topological polar surface area (TPSA) is 66.9 Å². The summed E-state index contributed by atoms with van der Waals surface area (Å²) in [5.74, 6) is -1.24. The second kappa shape index (κ2) is 6.19. The maximum atomic E-state index is 13.3. The van der Waals surface area contributed by atoms with E-state index in [0.29, 0.717) is 5.13 Å². The van der Waals surface area contributed by atoms with Gasteiger partial charge in [0.05, 0.1) is 0 Å². The third kappa shape index (κ3) is 3.68. The van der Waals surface area contributed by atoms with Crippen molar-refractivity contribution in [3.8, 4) is 0 Å². The highest BCUT2D eigenvalue weighted by atomic mass is 32.1. The molecule has 2 rings (SSSR count). The van der Waals surface area contributed by atoms with Crippen LogP contribution in [0.15, 0.2) is 23.7 Å². The van der Waals surface area contributed by atoms with E-state index in [1.807, 2.05) is 0 Å². The molecule has 1 heterocycles. The van der Waals surface area contributed by atoms with Crippen molar-refractivity contribution in [2.45, 2.75) is 6.42 Å². The number of rotatable bonds is 4. The molecular weight excluding hydrogens is 274 g/mol. The van der Waals surface area contributed by atoms with Crippen molar-refractivity contribution in [3.63, 3.8) is 0 Å². The average molecular weight is 284 g/mol. The minimum absolute atomic E-state index is 0.0429. The largest absolute Gasteiger partial charge is 0.337 e. The predicted molar refractivity (Wildman–Crippen MR) is 67.0 cm³/mol. The van der Waals surface area contributed by atoms with Gasteiger partial charge in [-0.05, 0) is 18.6 Å². The molecular formula is C11H10F2N4OS. The first-order chi connectivity index (χ1) is 9.16. The molecule has 100 valence electrons. The van der Waals surface area contributed by atoms with Gasteiger partial charge in [-0.3, -0.25) is 5.32 Å². The summed E-state index contributed by atoms with van der Waals surface area (Å²) in [4.78, 5) is 11.4. The Morgan fingerprint density at radius 1 is 1.32 bits per heavy atom. The average Bonchev–Trinajstić information content (AvgIpc) is 2.85. The lowest BCUT2D eigenvalue weighted by Crippen LogP contribution is -2.30. The smallest absolute Gasteiger partial charge is 0.321 e. The molecule has 0 aliphatic rings. The molecule has 0 unspecified atom stereocenters. The molecule has 0 atom stereocenters. The van der Waals surface area contributed by atoms with Crippen LogP contribution in [0.3, 0.4) is 0 Å². The number of carbonyl (C=O) groups is 1. The molecule has 0 saturated carbocycles. The lowest BCUT2D eigenvalue weighted by molar-refractivity contribution is 0.252. The van der Waals surface area contributed by atoms with Crippen LogP contribution in [0.5, 0.6) is 0 Å². The number of nitrogens with zero attached hydrogens (tertiary/aromatic N) is 2. The van der Waals surface area contributed by atoms with Crippen LogP contribution < -0.4 is 10.6 Å². The number of nitrogens with one attached hydrogen (secondary N) is 2. The van der Waals surface area contributed by atoms with Crippen LogP contribution in [0.25, 0.3) is 0 Å². The number of carbonyl (C=O) groups excluding carboxylic acids is 1. The molecule has 0 spiro atoms. The van der Waals surface area contributed by atoms with Gasteiger partial charge >= 0.3 is 6.03 Å². The molecule has 1 aromatic heterocycles. The van der Waals surface area contributed by atoms with Gasteiger partial charge in [0.25, 0.3) is 0 Å². The van der Waals surface area contributed by atoms with E-state index in [9.17, 15) is 13.6 Å². The van der Waals surface area contributed by atoms with Crippen molar-refractivity contribution in [3.05, 3.63) is 40.9 Å². The molecule has 5 nitrogen and oxygen atoms in total. The van der Waals surface area contributed by atoms with Gasteiger partial charge in [-0.25, -0.2) is 13.6 Å². The van der Waals surface area contributed by atoms with E-state index in [1.165, 1.54) is 35.0 Å². The summed E-state index contributed by atoms with van der Waals surface area (Å²) in [5.41, 5.74) is 1.43. The number of hydrogen-bond donors (Lipinski definition) is 2. The van der Waals surface area contributed by atoms with Crippen molar-refractivity contribution < 1.29 is 13.6 Å². The van der Waals surface area contributed by atoms with E-state index < -0.39 is 17.7 Å². The monoisotopic (exact) mass is 284 g/mol. The zero-order valence-electron chi connectivity index (χ0n) is 9.69. The van der Waals surface area contributed by atoms with Crippen LogP contribution in [0.2, 0.25) is 0 Å². The minimum Gasteiger partial charge on any atom is -0.337 e. The van der Waals surface area contributed by atoms with E-state index in [0.717, 1.165) is 0 Å². The number of anilines is 1. The minimum atomic E-state index is -0.619. The second-order valence-corrected chi connectivity index (χ2v) is 4.41. The summed E-state index contributed by atoms with van der Waals surface area (Å²) >= 11 is 1.17. The normalized spacial score (nSPS) is 10.2. The number of aromatic nitrogens is 2. The molecule has 2 amide bonds. The molecule has 0 saturated heterocycles. The van der Waals surface area contributed by atoms with Crippen LogP contribution in [0, 0.1) is 11.6 Å². The number of hydrogen-bond acceptors (Lipinski definition) is 4. The Labute approximate surface area is 111 Å². The lowest BCUT2D eigenvalue weighted by atomic mass is 10.1. The summed E-state index contributed by atoms with van der Waals surface area (Å²) in [6.07, 6.45) is 0.0715. The highest BCUT2D eigenvalue weighted by Gasteiger charge is 2.09. The number of halogens is 2. The first-order valence-corrected chi connectivity index (χ1v) is 6.28. The van der Waals surface area contributed by atoms with Gasteiger partial charge in [0.2, 0.25) is 5.13 Å². The summed E-state index contributed by atoms with van der Waals surface area (Å²) < 4.78 is 26.6. The van der Waals surface area contributed by atoms with Crippen LogP contribution in [-0.4, -0.2) is 22.8 Å². The quantitative estimate of drug-likeness (QED) is 0.904. The van der Waals surface area contributed by atoms with Gasteiger partial charge in [0, 0.05) is 12.1 Å². The Morgan fingerprint density at radius 3 is 2.68 bits per heavy atom. The van der Waals surface area contributed by atoms with Gasteiger partial charge in [0.1, 0.15) is 17.1 Å². The predicted octanol–water partition coefficient (Wildman–Crippen LogP) is 2.18. The third-order valence-electron chi connectivity index (χ3n) is 2.30. The molecule has 0 bridgehead atoms. The van der Waals surface area contributed by atoms with Gasteiger partial charge in [-0.1, -0.05) is 17.4 Å². The van der Waals surface area contributed by atoms with Crippen molar-refractivity contribution in [1.82, 2.24) is 15.5 Å². The number of amides is 2. The van der Waals surface area contributed by atoms with E-state index in [-0.39, 0.29) is 18.5 Å². The van der Waals surface area contributed by atoms with E-state index in [2.05, 4.69) is 20.8 Å². The Balaban J connectivity index is 1.82. The van der Waals surface area contributed by atoms with Crippen molar-refractivity contribution in [2.24, 2.45) is 0 Å². The maximum Gasteiger partial charge on any atom is 0.321 e. The van der Waals surface area contributed by atoms with Crippen molar-refractivity contribution in [2.75, 3.05) is 11.9 Å². The Bertz CT molecular complexity index is 542. The van der Waals surface area contributed by atoms with Crippen LogP contribution in [0.4, 0.5) is 18.7 Å². The second-order valence-electron chi connectivity index (χ2n) is 3.57. The fourth-order valence-corrected chi connectivity index (χ4v) is 1.88. The Hall–Kier alpha value is -2.09. The zero-order chi connectivity index (χ0) is 13.7. The fourth-order valence-electron chi connectivity index (χ4n) is 1.44. The molecule has 2 aromatic rings.